The third-order valence-electron chi connectivity index (χ3n) is 1.95. The van der Waals surface area contributed by atoms with Crippen LogP contribution < -0.4 is 0 Å². The summed E-state index contributed by atoms with van der Waals surface area (Å²) in [6.45, 7) is 2.19. The molecule has 0 aliphatic rings. The lowest BCUT2D eigenvalue weighted by Crippen LogP contribution is -1.99. The topological polar surface area (TPSA) is 70.7 Å². The summed E-state index contributed by atoms with van der Waals surface area (Å²) < 4.78 is 5.09. The Balaban J connectivity index is 2.40. The molecule has 0 amide bonds. The molecule has 0 aromatic carbocycles. The number of aromatic carboxylic acids is 1. The number of furan rings is 1. The van der Waals surface area contributed by atoms with E-state index in [-0.39, 0.29) is 12.2 Å². The zero-order chi connectivity index (χ0) is 11.3. The van der Waals surface area contributed by atoms with Crippen LogP contribution in [0.25, 0.3) is 0 Å². The Bertz CT molecular complexity index is 321. The lowest BCUT2D eigenvalue weighted by molar-refractivity contribution is 0.0696. The number of aliphatic hydroxyl groups excluding tert-OH is 1. The van der Waals surface area contributed by atoms with Crippen molar-refractivity contribution >= 4 is 17.7 Å². The van der Waals surface area contributed by atoms with E-state index >= 15 is 0 Å². The van der Waals surface area contributed by atoms with Gasteiger partial charge in [-0.15, -0.1) is 0 Å². The Morgan fingerprint density at radius 1 is 1.67 bits per heavy atom. The van der Waals surface area contributed by atoms with Gasteiger partial charge in [-0.25, -0.2) is 4.79 Å². The monoisotopic (exact) mass is 230 g/mol. The smallest absolute Gasteiger partial charge is 0.338 e. The molecule has 0 saturated carbocycles. The lowest BCUT2D eigenvalue weighted by Gasteiger charge is -2.06. The minimum atomic E-state index is -0.974. The molecule has 4 nitrogen and oxygen atoms in total. The average molecular weight is 230 g/mol. The van der Waals surface area contributed by atoms with Crippen LogP contribution in [0.15, 0.2) is 16.7 Å². The van der Waals surface area contributed by atoms with Crippen LogP contribution >= 0.6 is 11.8 Å². The van der Waals surface area contributed by atoms with Crippen molar-refractivity contribution in [3.8, 4) is 0 Å². The zero-order valence-electron chi connectivity index (χ0n) is 8.47. The van der Waals surface area contributed by atoms with Crippen molar-refractivity contribution in [1.29, 1.82) is 0 Å². The lowest BCUT2D eigenvalue weighted by atomic mass is 10.3. The van der Waals surface area contributed by atoms with Gasteiger partial charge in [0.1, 0.15) is 12.0 Å². The maximum absolute atomic E-state index is 10.6. The molecule has 2 N–H and O–H groups in total. The van der Waals surface area contributed by atoms with Gasteiger partial charge in [0.2, 0.25) is 0 Å². The van der Waals surface area contributed by atoms with Gasteiger partial charge in [0.25, 0.3) is 0 Å². The van der Waals surface area contributed by atoms with Crippen LogP contribution in [0.5, 0.6) is 0 Å². The Morgan fingerprint density at radius 2 is 2.40 bits per heavy atom. The maximum Gasteiger partial charge on any atom is 0.338 e. The first-order chi connectivity index (χ1) is 7.13. The molecular formula is C10H14O4S. The first kappa shape index (κ1) is 12.1. The van der Waals surface area contributed by atoms with E-state index in [2.05, 4.69) is 0 Å². The fourth-order valence-corrected chi connectivity index (χ4v) is 1.93. The van der Waals surface area contributed by atoms with Crippen molar-refractivity contribution in [2.24, 2.45) is 0 Å². The minimum absolute atomic E-state index is 0.173. The van der Waals surface area contributed by atoms with Gasteiger partial charge in [0.15, 0.2) is 0 Å². The van der Waals surface area contributed by atoms with Crippen LogP contribution in [-0.2, 0) is 5.75 Å². The molecule has 0 aliphatic heterocycles. The molecular weight excluding hydrogens is 216 g/mol. The molecule has 0 aliphatic carbocycles. The minimum Gasteiger partial charge on any atom is -0.478 e. The van der Waals surface area contributed by atoms with E-state index in [0.29, 0.717) is 16.8 Å². The average Bonchev–Trinajstić information content (AvgIpc) is 2.63. The first-order valence-corrected chi connectivity index (χ1v) is 5.71. The molecule has 1 atom stereocenters. The summed E-state index contributed by atoms with van der Waals surface area (Å²) in [7, 11) is 0. The number of carboxylic acids is 1. The summed E-state index contributed by atoms with van der Waals surface area (Å²) >= 11 is 1.63. The van der Waals surface area contributed by atoms with Crippen molar-refractivity contribution in [2.45, 2.75) is 24.3 Å². The Hall–Kier alpha value is -0.940. The Morgan fingerprint density at radius 3 is 2.93 bits per heavy atom. The summed E-state index contributed by atoms with van der Waals surface area (Å²) in [6, 6.07) is 1.53. The number of thioether (sulfide) groups is 1. The molecule has 15 heavy (non-hydrogen) atoms. The van der Waals surface area contributed by atoms with Gasteiger partial charge in [-0.1, -0.05) is 6.92 Å². The molecule has 0 bridgehead atoms. The molecule has 1 heterocycles. The fraction of sp³-hybridized carbons (Fsp3) is 0.500. The number of rotatable bonds is 6. The van der Waals surface area contributed by atoms with Gasteiger partial charge in [-0.3, -0.25) is 0 Å². The van der Waals surface area contributed by atoms with Crippen molar-refractivity contribution < 1.29 is 19.4 Å². The number of carboxylic acid groups (broad SMARTS) is 1. The number of carbonyl (C=O) groups is 1. The normalized spacial score (nSPS) is 12.7. The van der Waals surface area contributed by atoms with Gasteiger partial charge in [0, 0.05) is 11.9 Å². The Kier molecular flexibility index (Phi) is 4.71. The highest BCUT2D eigenvalue weighted by Crippen LogP contribution is 2.21. The van der Waals surface area contributed by atoms with E-state index in [1.54, 1.807) is 11.8 Å². The van der Waals surface area contributed by atoms with E-state index in [0.717, 1.165) is 6.42 Å². The SMILES string of the molecule is CC(CCO)SCc1cc(C(=O)O)co1. The van der Waals surface area contributed by atoms with Gasteiger partial charge < -0.3 is 14.6 Å². The summed E-state index contributed by atoms with van der Waals surface area (Å²) in [5, 5.41) is 17.7. The molecule has 0 saturated heterocycles. The van der Waals surface area contributed by atoms with Gasteiger partial charge in [-0.2, -0.15) is 11.8 Å². The molecule has 0 spiro atoms. The predicted octanol–water partition coefficient (Wildman–Crippen LogP) is 1.98. The second-order valence-corrected chi connectivity index (χ2v) is 4.67. The molecule has 0 radical (unpaired) electrons. The van der Waals surface area contributed by atoms with E-state index in [9.17, 15) is 4.79 Å². The molecule has 1 rings (SSSR count). The van der Waals surface area contributed by atoms with Crippen LogP contribution in [0, 0.1) is 0 Å². The van der Waals surface area contributed by atoms with Crippen LogP contribution in [0.3, 0.4) is 0 Å². The van der Waals surface area contributed by atoms with Crippen molar-refractivity contribution in [1.82, 2.24) is 0 Å². The number of aliphatic hydroxyl groups is 1. The van der Waals surface area contributed by atoms with Gasteiger partial charge in [0.05, 0.1) is 11.3 Å². The Labute approximate surface area is 92.3 Å². The van der Waals surface area contributed by atoms with Crippen molar-refractivity contribution in [2.75, 3.05) is 6.61 Å². The fourth-order valence-electron chi connectivity index (χ4n) is 1.06. The first-order valence-electron chi connectivity index (χ1n) is 4.66. The summed E-state index contributed by atoms with van der Waals surface area (Å²) in [6.07, 6.45) is 1.98. The van der Waals surface area contributed by atoms with Crippen molar-refractivity contribution in [3.05, 3.63) is 23.7 Å². The predicted molar refractivity (Wildman–Crippen MR) is 58.1 cm³/mol. The van der Waals surface area contributed by atoms with Crippen LogP contribution in [0.1, 0.15) is 29.5 Å². The quantitative estimate of drug-likeness (QED) is 0.782. The van der Waals surface area contributed by atoms with E-state index in [1.807, 2.05) is 6.92 Å². The summed E-state index contributed by atoms with van der Waals surface area (Å²) in [5.74, 6) is 0.314. The van der Waals surface area contributed by atoms with Crippen LogP contribution in [0.4, 0.5) is 0 Å². The van der Waals surface area contributed by atoms with Gasteiger partial charge in [-0.05, 0) is 12.5 Å². The molecule has 5 heteroatoms. The third kappa shape index (κ3) is 3.97. The number of hydrogen-bond donors (Lipinski definition) is 2. The van der Waals surface area contributed by atoms with Crippen molar-refractivity contribution in [3.63, 3.8) is 0 Å². The second-order valence-electron chi connectivity index (χ2n) is 3.24. The molecule has 1 aromatic heterocycles. The van der Waals surface area contributed by atoms with Crippen LogP contribution in [0.2, 0.25) is 0 Å². The van der Waals surface area contributed by atoms with E-state index in [1.165, 1.54) is 12.3 Å². The second kappa shape index (κ2) is 5.82. The van der Waals surface area contributed by atoms with E-state index in [4.69, 9.17) is 14.6 Å². The molecule has 1 aromatic rings. The van der Waals surface area contributed by atoms with Gasteiger partial charge >= 0.3 is 5.97 Å². The highest BCUT2D eigenvalue weighted by Gasteiger charge is 2.09. The molecule has 0 fully saturated rings. The highest BCUT2D eigenvalue weighted by atomic mass is 32.2. The molecule has 84 valence electrons. The third-order valence-corrected chi connectivity index (χ3v) is 3.20. The summed E-state index contributed by atoms with van der Waals surface area (Å²) in [5.41, 5.74) is 0.181. The standard InChI is InChI=1S/C10H14O4S/c1-7(2-3-11)15-6-9-4-8(5-14-9)10(12)13/h4-5,7,11H,2-3,6H2,1H3,(H,12,13). The molecule has 1 unspecified atom stereocenters. The number of hydrogen-bond acceptors (Lipinski definition) is 4. The largest absolute Gasteiger partial charge is 0.478 e. The van der Waals surface area contributed by atoms with Crippen LogP contribution in [-0.4, -0.2) is 28.0 Å². The summed E-state index contributed by atoms with van der Waals surface area (Å²) in [4.78, 5) is 10.6. The maximum atomic E-state index is 10.6. The highest BCUT2D eigenvalue weighted by molar-refractivity contribution is 7.99. The van der Waals surface area contributed by atoms with E-state index < -0.39 is 5.97 Å². The zero-order valence-corrected chi connectivity index (χ0v) is 9.29.